The third-order valence-corrected chi connectivity index (χ3v) is 4.55. The number of alkyl halides is 1. The fourth-order valence-electron chi connectivity index (χ4n) is 2.12. The Bertz CT molecular complexity index is 305. The largest absolute Gasteiger partial charge is 0.0887 e. The van der Waals surface area contributed by atoms with Gasteiger partial charge in [0.1, 0.15) is 0 Å². The molecule has 0 aliphatic rings. The van der Waals surface area contributed by atoms with Gasteiger partial charge in [-0.25, -0.2) is 0 Å². The molecule has 0 amide bonds. The van der Waals surface area contributed by atoms with Crippen molar-refractivity contribution in [3.8, 4) is 0 Å². The Morgan fingerprint density at radius 1 is 0.944 bits per heavy atom. The molecule has 102 valence electrons. The van der Waals surface area contributed by atoms with Crippen LogP contribution >= 0.6 is 31.9 Å². The molecule has 1 rings (SSSR count). The van der Waals surface area contributed by atoms with Crippen LogP contribution in [-0.4, -0.2) is 4.83 Å². The second-order valence-electron chi connectivity index (χ2n) is 4.98. The summed E-state index contributed by atoms with van der Waals surface area (Å²) in [5.41, 5.74) is 1.42. The highest BCUT2D eigenvalue weighted by atomic mass is 79.9. The summed E-state index contributed by atoms with van der Waals surface area (Å²) in [7, 11) is 0. The van der Waals surface area contributed by atoms with Gasteiger partial charge in [0.05, 0.1) is 0 Å². The van der Waals surface area contributed by atoms with Gasteiger partial charge < -0.3 is 0 Å². The highest BCUT2D eigenvalue weighted by Gasteiger charge is 2.05. The first-order valence-corrected chi connectivity index (χ1v) is 8.81. The third kappa shape index (κ3) is 7.58. The molecule has 0 spiro atoms. The van der Waals surface area contributed by atoms with Crippen molar-refractivity contribution in [1.29, 1.82) is 0 Å². The van der Waals surface area contributed by atoms with Crippen molar-refractivity contribution in [3.05, 3.63) is 34.3 Å². The molecule has 1 aromatic carbocycles. The van der Waals surface area contributed by atoms with E-state index >= 15 is 0 Å². The summed E-state index contributed by atoms with van der Waals surface area (Å²) in [4.78, 5) is 0.629. The predicted octanol–water partition coefficient (Wildman–Crippen LogP) is 6.51. The normalized spacial score (nSPS) is 12.6. The summed E-state index contributed by atoms with van der Waals surface area (Å²) in [6.45, 7) is 2.27. The van der Waals surface area contributed by atoms with Gasteiger partial charge in [0.2, 0.25) is 0 Å². The Morgan fingerprint density at radius 2 is 1.56 bits per heavy atom. The standard InChI is InChI=1S/C16H24Br2/c1-2-3-4-5-6-7-8-16(18)13-14-9-11-15(17)12-10-14/h9-12,16H,2-8,13H2,1H3. The lowest BCUT2D eigenvalue weighted by Crippen LogP contribution is -2.02. The highest BCUT2D eigenvalue weighted by Crippen LogP contribution is 2.19. The molecule has 0 fully saturated rings. The van der Waals surface area contributed by atoms with Gasteiger partial charge in [-0.3, -0.25) is 0 Å². The van der Waals surface area contributed by atoms with Crippen molar-refractivity contribution < 1.29 is 0 Å². The van der Waals surface area contributed by atoms with Crippen LogP contribution in [0.25, 0.3) is 0 Å². The van der Waals surface area contributed by atoms with Gasteiger partial charge in [-0.05, 0) is 30.5 Å². The monoisotopic (exact) mass is 374 g/mol. The van der Waals surface area contributed by atoms with Crippen molar-refractivity contribution >= 4 is 31.9 Å². The number of rotatable bonds is 9. The third-order valence-electron chi connectivity index (χ3n) is 3.24. The summed E-state index contributed by atoms with van der Waals surface area (Å²) in [6.07, 6.45) is 10.7. The van der Waals surface area contributed by atoms with Gasteiger partial charge >= 0.3 is 0 Å². The molecule has 0 radical (unpaired) electrons. The van der Waals surface area contributed by atoms with E-state index in [1.54, 1.807) is 0 Å². The second kappa shape index (κ2) is 10.0. The summed E-state index contributed by atoms with van der Waals surface area (Å²) < 4.78 is 1.16. The first kappa shape index (κ1) is 16.2. The van der Waals surface area contributed by atoms with Crippen LogP contribution in [0.2, 0.25) is 0 Å². The lowest BCUT2D eigenvalue weighted by atomic mass is 10.0. The van der Waals surface area contributed by atoms with Crippen molar-refractivity contribution in [2.75, 3.05) is 0 Å². The molecule has 0 saturated carbocycles. The molecule has 2 heteroatoms. The molecular weight excluding hydrogens is 352 g/mol. The molecule has 0 nitrogen and oxygen atoms in total. The number of hydrogen-bond donors (Lipinski definition) is 0. The summed E-state index contributed by atoms with van der Waals surface area (Å²) in [5.74, 6) is 0. The van der Waals surface area contributed by atoms with Gasteiger partial charge in [-0.15, -0.1) is 0 Å². The predicted molar refractivity (Wildman–Crippen MR) is 88.6 cm³/mol. The Labute approximate surface area is 129 Å². The summed E-state index contributed by atoms with van der Waals surface area (Å²) >= 11 is 7.28. The van der Waals surface area contributed by atoms with Crippen molar-refractivity contribution in [2.24, 2.45) is 0 Å². The van der Waals surface area contributed by atoms with Crippen molar-refractivity contribution in [3.63, 3.8) is 0 Å². The number of benzene rings is 1. The SMILES string of the molecule is CCCCCCCCC(Br)Cc1ccc(Br)cc1. The van der Waals surface area contributed by atoms with Crippen LogP contribution in [0, 0.1) is 0 Å². The van der Waals surface area contributed by atoms with Crippen LogP contribution in [-0.2, 0) is 6.42 Å². The summed E-state index contributed by atoms with van der Waals surface area (Å²) in [6, 6.07) is 8.67. The van der Waals surface area contributed by atoms with Crippen LogP contribution in [0.3, 0.4) is 0 Å². The maximum Gasteiger partial charge on any atom is 0.0186 e. The van der Waals surface area contributed by atoms with Crippen LogP contribution in [0.1, 0.15) is 57.4 Å². The van der Waals surface area contributed by atoms with Gasteiger partial charge in [-0.2, -0.15) is 0 Å². The van der Waals surface area contributed by atoms with Crippen LogP contribution in [0.4, 0.5) is 0 Å². The molecule has 1 unspecified atom stereocenters. The topological polar surface area (TPSA) is 0 Å². The van der Waals surface area contributed by atoms with Gasteiger partial charge in [0.15, 0.2) is 0 Å². The Balaban J connectivity index is 2.10. The summed E-state index contributed by atoms with van der Waals surface area (Å²) in [5, 5.41) is 0. The van der Waals surface area contributed by atoms with Crippen LogP contribution in [0.5, 0.6) is 0 Å². The molecule has 1 aromatic rings. The van der Waals surface area contributed by atoms with Crippen LogP contribution in [0.15, 0.2) is 28.7 Å². The fraction of sp³-hybridized carbons (Fsp3) is 0.625. The van der Waals surface area contributed by atoms with E-state index in [2.05, 4.69) is 63.0 Å². The molecule has 0 bridgehead atoms. The van der Waals surface area contributed by atoms with E-state index in [0.29, 0.717) is 4.83 Å². The second-order valence-corrected chi connectivity index (χ2v) is 7.19. The number of hydrogen-bond acceptors (Lipinski definition) is 0. The number of unbranched alkanes of at least 4 members (excludes halogenated alkanes) is 5. The highest BCUT2D eigenvalue weighted by molar-refractivity contribution is 9.10. The van der Waals surface area contributed by atoms with E-state index in [4.69, 9.17) is 0 Å². The van der Waals surface area contributed by atoms with Crippen LogP contribution < -0.4 is 0 Å². The van der Waals surface area contributed by atoms with E-state index in [-0.39, 0.29) is 0 Å². The number of halogens is 2. The van der Waals surface area contributed by atoms with Gasteiger partial charge in [0.25, 0.3) is 0 Å². The minimum atomic E-state index is 0.629. The molecule has 18 heavy (non-hydrogen) atoms. The minimum absolute atomic E-state index is 0.629. The minimum Gasteiger partial charge on any atom is -0.0887 e. The molecule has 0 aromatic heterocycles. The first-order chi connectivity index (χ1) is 8.72. The Morgan fingerprint density at radius 3 is 2.22 bits per heavy atom. The quantitative estimate of drug-likeness (QED) is 0.341. The molecule has 0 saturated heterocycles. The molecular formula is C16H24Br2. The molecule has 1 atom stereocenters. The first-order valence-electron chi connectivity index (χ1n) is 7.11. The zero-order valence-electron chi connectivity index (χ0n) is 11.3. The molecule has 0 aliphatic carbocycles. The van der Waals surface area contributed by atoms with E-state index < -0.39 is 0 Å². The molecule has 0 N–H and O–H groups in total. The van der Waals surface area contributed by atoms with E-state index in [9.17, 15) is 0 Å². The van der Waals surface area contributed by atoms with Crippen molar-refractivity contribution in [1.82, 2.24) is 0 Å². The molecule has 0 aliphatic heterocycles. The average Bonchev–Trinajstić information content (AvgIpc) is 2.36. The van der Waals surface area contributed by atoms with Gasteiger partial charge in [-0.1, -0.05) is 89.4 Å². The van der Waals surface area contributed by atoms with E-state index in [1.807, 2.05) is 0 Å². The average molecular weight is 376 g/mol. The lowest BCUT2D eigenvalue weighted by Gasteiger charge is -2.09. The van der Waals surface area contributed by atoms with Gasteiger partial charge in [0, 0.05) is 9.30 Å². The van der Waals surface area contributed by atoms with E-state index in [0.717, 1.165) is 10.9 Å². The Hall–Kier alpha value is 0.180. The lowest BCUT2D eigenvalue weighted by molar-refractivity contribution is 0.583. The maximum atomic E-state index is 3.80. The zero-order valence-corrected chi connectivity index (χ0v) is 14.5. The molecule has 0 heterocycles. The fourth-order valence-corrected chi connectivity index (χ4v) is 3.09. The van der Waals surface area contributed by atoms with E-state index in [1.165, 1.54) is 50.5 Å². The zero-order chi connectivity index (χ0) is 13.2. The Kier molecular flexibility index (Phi) is 9.04. The maximum absolute atomic E-state index is 3.80. The smallest absolute Gasteiger partial charge is 0.0186 e. The van der Waals surface area contributed by atoms with Crippen molar-refractivity contribution in [2.45, 2.75) is 63.1 Å².